The normalized spacial score (nSPS) is 11.2. The maximum Gasteiger partial charge on any atom is 0.276 e. The maximum atomic E-state index is 11.9. The van der Waals surface area contributed by atoms with E-state index in [-0.39, 0.29) is 18.6 Å². The highest BCUT2D eigenvalue weighted by Gasteiger charge is 2.13. The number of ether oxygens (including phenoxy) is 2. The average Bonchev–Trinajstić information content (AvgIpc) is 2.69. The summed E-state index contributed by atoms with van der Waals surface area (Å²) in [5.41, 5.74) is 7.01. The van der Waals surface area contributed by atoms with Crippen LogP contribution >= 0.6 is 15.9 Å². The number of carbonyl (C=O) groups excluding carboxylic acids is 2. The number of hydrogen-bond acceptors (Lipinski definition) is 4. The zero-order valence-electron chi connectivity index (χ0n) is 18.0. The van der Waals surface area contributed by atoms with Gasteiger partial charge in [0.05, 0.1) is 4.47 Å². The molecule has 7 heteroatoms. The zero-order chi connectivity index (χ0) is 22.3. The topological polar surface area (TPSA) is 76.7 Å². The summed E-state index contributed by atoms with van der Waals surface area (Å²) in [5, 5.41) is 0. The number of nitrogens with one attached hydrogen (secondary N) is 2. The molecule has 2 rings (SSSR count). The molecule has 0 fully saturated rings. The minimum absolute atomic E-state index is 0.0499. The molecule has 0 aliphatic rings. The van der Waals surface area contributed by atoms with Gasteiger partial charge in [0.1, 0.15) is 11.5 Å². The van der Waals surface area contributed by atoms with Crippen molar-refractivity contribution < 1.29 is 19.1 Å². The Hall–Kier alpha value is -2.54. The molecule has 0 bridgehead atoms. The first-order chi connectivity index (χ1) is 14.1. The standard InChI is InChI=1S/C23H29BrN2O4/c1-15(2)16-6-11-20(19(24)12-16)30-14-22(28)26-25-21(27)13-29-18-9-7-17(8-10-18)23(3,4)5/h6-12,15H,13-14H2,1-5H3,(H,25,27)(H,26,28). The molecular weight excluding hydrogens is 448 g/mol. The van der Waals surface area contributed by atoms with Crippen molar-refractivity contribution in [3.63, 3.8) is 0 Å². The quantitative estimate of drug-likeness (QED) is 0.577. The first kappa shape index (κ1) is 23.7. The third-order valence-electron chi connectivity index (χ3n) is 4.41. The lowest BCUT2D eigenvalue weighted by Crippen LogP contribution is -2.45. The molecule has 30 heavy (non-hydrogen) atoms. The van der Waals surface area contributed by atoms with Gasteiger partial charge in [-0.3, -0.25) is 20.4 Å². The number of hydrazine groups is 1. The van der Waals surface area contributed by atoms with E-state index in [2.05, 4.69) is 61.4 Å². The molecule has 0 spiro atoms. The summed E-state index contributed by atoms with van der Waals surface area (Å²) >= 11 is 3.44. The number of benzene rings is 2. The fourth-order valence-electron chi connectivity index (χ4n) is 2.55. The lowest BCUT2D eigenvalue weighted by molar-refractivity contribution is -0.131. The summed E-state index contributed by atoms with van der Waals surface area (Å²) in [6.07, 6.45) is 0. The van der Waals surface area contributed by atoms with Crippen molar-refractivity contribution in [1.82, 2.24) is 10.9 Å². The highest BCUT2D eigenvalue weighted by molar-refractivity contribution is 9.10. The third-order valence-corrected chi connectivity index (χ3v) is 5.03. The third kappa shape index (κ3) is 7.37. The smallest absolute Gasteiger partial charge is 0.276 e. The molecule has 0 heterocycles. The molecule has 0 radical (unpaired) electrons. The van der Waals surface area contributed by atoms with Gasteiger partial charge in [0, 0.05) is 0 Å². The number of rotatable bonds is 7. The van der Waals surface area contributed by atoms with Crippen LogP contribution in [0, 0.1) is 0 Å². The van der Waals surface area contributed by atoms with Crippen LogP contribution in [0.5, 0.6) is 11.5 Å². The SMILES string of the molecule is CC(C)c1ccc(OCC(=O)NNC(=O)COc2ccc(C(C)(C)C)cc2)c(Br)c1. The maximum absolute atomic E-state index is 11.9. The largest absolute Gasteiger partial charge is 0.484 e. The lowest BCUT2D eigenvalue weighted by atomic mass is 9.87. The van der Waals surface area contributed by atoms with Crippen molar-refractivity contribution in [2.45, 2.75) is 46.0 Å². The minimum atomic E-state index is -0.474. The first-order valence-corrected chi connectivity index (χ1v) is 10.6. The van der Waals surface area contributed by atoms with Crippen LogP contribution < -0.4 is 20.3 Å². The monoisotopic (exact) mass is 476 g/mol. The van der Waals surface area contributed by atoms with Gasteiger partial charge in [0.15, 0.2) is 13.2 Å². The van der Waals surface area contributed by atoms with Gasteiger partial charge in [-0.25, -0.2) is 0 Å². The van der Waals surface area contributed by atoms with Crippen LogP contribution in [0.3, 0.4) is 0 Å². The Morgan fingerprint density at radius 1 is 0.933 bits per heavy atom. The van der Waals surface area contributed by atoms with E-state index < -0.39 is 11.8 Å². The molecule has 0 aromatic heterocycles. The van der Waals surface area contributed by atoms with Crippen LogP contribution in [0.25, 0.3) is 0 Å². The van der Waals surface area contributed by atoms with Gasteiger partial charge in [0.2, 0.25) is 0 Å². The second-order valence-electron chi connectivity index (χ2n) is 8.29. The van der Waals surface area contributed by atoms with E-state index in [1.54, 1.807) is 0 Å². The number of halogens is 1. The predicted octanol–water partition coefficient (Wildman–Crippen LogP) is 4.48. The molecule has 0 aliphatic carbocycles. The van der Waals surface area contributed by atoms with Crippen LogP contribution in [-0.4, -0.2) is 25.0 Å². The van der Waals surface area contributed by atoms with E-state index in [1.807, 2.05) is 42.5 Å². The Morgan fingerprint density at radius 2 is 1.50 bits per heavy atom. The molecular formula is C23H29BrN2O4. The van der Waals surface area contributed by atoms with E-state index in [0.717, 1.165) is 4.47 Å². The first-order valence-electron chi connectivity index (χ1n) is 9.79. The summed E-state index contributed by atoms with van der Waals surface area (Å²) in [7, 11) is 0. The van der Waals surface area contributed by atoms with Crippen LogP contribution in [-0.2, 0) is 15.0 Å². The highest BCUT2D eigenvalue weighted by Crippen LogP contribution is 2.28. The van der Waals surface area contributed by atoms with Crippen LogP contribution in [0.2, 0.25) is 0 Å². The minimum Gasteiger partial charge on any atom is -0.484 e. The molecule has 2 N–H and O–H groups in total. The average molecular weight is 477 g/mol. The van der Waals surface area contributed by atoms with E-state index >= 15 is 0 Å². The van der Waals surface area contributed by atoms with Crippen molar-refractivity contribution in [1.29, 1.82) is 0 Å². The van der Waals surface area contributed by atoms with Gasteiger partial charge >= 0.3 is 0 Å². The Kier molecular flexibility index (Phi) is 8.29. The van der Waals surface area contributed by atoms with E-state index in [9.17, 15) is 9.59 Å². The Bertz CT molecular complexity index is 874. The molecule has 2 aromatic carbocycles. The highest BCUT2D eigenvalue weighted by atomic mass is 79.9. The van der Waals surface area contributed by atoms with Crippen molar-refractivity contribution in [2.24, 2.45) is 0 Å². The fourth-order valence-corrected chi connectivity index (χ4v) is 3.06. The molecule has 0 saturated heterocycles. The Balaban J connectivity index is 1.72. The van der Waals surface area contributed by atoms with Crippen molar-refractivity contribution in [3.05, 3.63) is 58.1 Å². The number of carbonyl (C=O) groups is 2. The molecule has 0 aliphatic heterocycles. The summed E-state index contributed by atoms with van der Waals surface area (Å²) in [5.74, 6) is 0.598. The van der Waals surface area contributed by atoms with Crippen molar-refractivity contribution in [2.75, 3.05) is 13.2 Å². The van der Waals surface area contributed by atoms with Gasteiger partial charge in [-0.15, -0.1) is 0 Å². The molecule has 0 saturated carbocycles. The van der Waals surface area contributed by atoms with Gasteiger partial charge < -0.3 is 9.47 Å². The molecule has 2 amide bonds. The van der Waals surface area contributed by atoms with Gasteiger partial charge in [-0.1, -0.05) is 52.8 Å². The van der Waals surface area contributed by atoms with E-state index in [0.29, 0.717) is 17.4 Å². The summed E-state index contributed by atoms with van der Waals surface area (Å²) in [4.78, 5) is 23.8. The fraction of sp³-hybridized carbons (Fsp3) is 0.391. The van der Waals surface area contributed by atoms with Crippen molar-refractivity contribution in [3.8, 4) is 11.5 Å². The molecule has 0 unspecified atom stereocenters. The molecule has 6 nitrogen and oxygen atoms in total. The predicted molar refractivity (Wildman–Crippen MR) is 121 cm³/mol. The van der Waals surface area contributed by atoms with E-state index in [1.165, 1.54) is 11.1 Å². The number of hydrogen-bond donors (Lipinski definition) is 2. The summed E-state index contributed by atoms with van der Waals surface area (Å²) in [6.45, 7) is 10.1. The van der Waals surface area contributed by atoms with Crippen LogP contribution in [0.4, 0.5) is 0 Å². The summed E-state index contributed by atoms with van der Waals surface area (Å²) < 4.78 is 11.7. The molecule has 162 valence electrons. The Labute approximate surface area is 186 Å². The summed E-state index contributed by atoms with van der Waals surface area (Å²) in [6, 6.07) is 13.3. The van der Waals surface area contributed by atoms with Gasteiger partial charge in [0.25, 0.3) is 11.8 Å². The molecule has 2 aromatic rings. The Morgan fingerprint density at radius 3 is 2.00 bits per heavy atom. The lowest BCUT2D eigenvalue weighted by Gasteiger charge is -2.19. The van der Waals surface area contributed by atoms with Crippen LogP contribution in [0.15, 0.2) is 46.9 Å². The van der Waals surface area contributed by atoms with Crippen molar-refractivity contribution >= 4 is 27.7 Å². The second kappa shape index (κ2) is 10.5. The van der Waals surface area contributed by atoms with E-state index in [4.69, 9.17) is 9.47 Å². The molecule has 0 atom stereocenters. The van der Waals surface area contributed by atoms with Gasteiger partial charge in [-0.2, -0.15) is 0 Å². The second-order valence-corrected chi connectivity index (χ2v) is 9.15. The number of amides is 2. The van der Waals surface area contributed by atoms with Crippen LogP contribution in [0.1, 0.15) is 51.7 Å². The zero-order valence-corrected chi connectivity index (χ0v) is 19.6. The van der Waals surface area contributed by atoms with Gasteiger partial charge in [-0.05, 0) is 62.7 Å².